The minimum absolute atomic E-state index is 0.405. The van der Waals surface area contributed by atoms with Gasteiger partial charge in [-0.15, -0.1) is 0 Å². The van der Waals surface area contributed by atoms with Crippen LogP contribution >= 0.6 is 0 Å². The molecular weight excluding hydrogens is 246 g/mol. The maximum atomic E-state index is 5.33. The molecule has 20 heavy (non-hydrogen) atoms. The van der Waals surface area contributed by atoms with Crippen molar-refractivity contribution in [3.05, 3.63) is 65.2 Å². The molecule has 0 saturated carbocycles. The highest BCUT2D eigenvalue weighted by Crippen LogP contribution is 2.39. The summed E-state index contributed by atoms with van der Waals surface area (Å²) in [6, 6.07) is 17.6. The summed E-state index contributed by atoms with van der Waals surface area (Å²) < 4.78 is 5.33. The molecule has 1 aliphatic heterocycles. The molecule has 0 fully saturated rings. The van der Waals surface area contributed by atoms with Gasteiger partial charge < -0.3 is 10.1 Å². The van der Waals surface area contributed by atoms with E-state index in [0.29, 0.717) is 12.0 Å². The Balaban J connectivity index is 1.98. The van der Waals surface area contributed by atoms with E-state index in [0.717, 1.165) is 18.7 Å². The van der Waals surface area contributed by atoms with Gasteiger partial charge in [0.2, 0.25) is 0 Å². The van der Waals surface area contributed by atoms with Crippen LogP contribution in [0.4, 0.5) is 0 Å². The van der Waals surface area contributed by atoms with E-state index in [4.69, 9.17) is 4.74 Å². The number of ether oxygens (including phenoxy) is 1. The molecule has 0 bridgehead atoms. The Morgan fingerprint density at radius 1 is 1.15 bits per heavy atom. The number of rotatable bonds is 3. The van der Waals surface area contributed by atoms with Crippen molar-refractivity contribution in [2.75, 3.05) is 7.11 Å². The Morgan fingerprint density at radius 2 is 1.95 bits per heavy atom. The van der Waals surface area contributed by atoms with Crippen LogP contribution in [0.15, 0.2) is 48.5 Å². The lowest BCUT2D eigenvalue weighted by molar-refractivity contribution is 0.394. The molecule has 104 valence electrons. The van der Waals surface area contributed by atoms with Crippen LogP contribution in [0, 0.1) is 0 Å². The van der Waals surface area contributed by atoms with Gasteiger partial charge in [-0.1, -0.05) is 43.3 Å². The van der Waals surface area contributed by atoms with E-state index < -0.39 is 0 Å². The molecule has 1 heterocycles. The molecule has 2 atom stereocenters. The van der Waals surface area contributed by atoms with Crippen LogP contribution in [0.2, 0.25) is 0 Å². The number of benzene rings is 2. The van der Waals surface area contributed by atoms with Crippen LogP contribution in [0.25, 0.3) is 0 Å². The molecule has 0 aromatic heterocycles. The van der Waals surface area contributed by atoms with Gasteiger partial charge in [-0.2, -0.15) is 0 Å². The summed E-state index contributed by atoms with van der Waals surface area (Å²) in [7, 11) is 1.72. The van der Waals surface area contributed by atoms with Gasteiger partial charge in [-0.3, -0.25) is 0 Å². The van der Waals surface area contributed by atoms with Crippen molar-refractivity contribution in [2.24, 2.45) is 0 Å². The van der Waals surface area contributed by atoms with Gasteiger partial charge in [0.1, 0.15) is 5.75 Å². The van der Waals surface area contributed by atoms with Gasteiger partial charge >= 0.3 is 0 Å². The smallest absolute Gasteiger partial charge is 0.119 e. The molecule has 0 saturated heterocycles. The number of hydrogen-bond acceptors (Lipinski definition) is 2. The summed E-state index contributed by atoms with van der Waals surface area (Å²) in [5, 5.41) is 3.69. The van der Waals surface area contributed by atoms with Crippen LogP contribution in [0.3, 0.4) is 0 Å². The Morgan fingerprint density at radius 3 is 2.65 bits per heavy atom. The monoisotopic (exact) mass is 267 g/mol. The average molecular weight is 267 g/mol. The van der Waals surface area contributed by atoms with Crippen LogP contribution in [0.5, 0.6) is 5.75 Å². The molecule has 2 nitrogen and oxygen atoms in total. The van der Waals surface area contributed by atoms with Crippen LogP contribution in [0.1, 0.15) is 42.0 Å². The maximum Gasteiger partial charge on any atom is 0.119 e. The molecule has 2 heteroatoms. The summed E-state index contributed by atoms with van der Waals surface area (Å²) in [6.07, 6.45) is 1.13. The highest BCUT2D eigenvalue weighted by atomic mass is 16.5. The van der Waals surface area contributed by atoms with Gasteiger partial charge in [0.25, 0.3) is 0 Å². The molecule has 2 unspecified atom stereocenters. The van der Waals surface area contributed by atoms with Gasteiger partial charge in [-0.05, 0) is 35.2 Å². The van der Waals surface area contributed by atoms with Crippen molar-refractivity contribution >= 4 is 0 Å². The molecule has 1 N–H and O–H groups in total. The largest absolute Gasteiger partial charge is 0.497 e. The quantitative estimate of drug-likeness (QED) is 0.906. The number of hydrogen-bond donors (Lipinski definition) is 1. The van der Waals surface area contributed by atoms with E-state index >= 15 is 0 Å². The molecule has 0 aliphatic carbocycles. The molecule has 1 aliphatic rings. The van der Waals surface area contributed by atoms with Crippen LogP contribution in [-0.2, 0) is 6.54 Å². The second-order valence-electron chi connectivity index (χ2n) is 5.35. The molecule has 0 amide bonds. The molecule has 3 rings (SSSR count). The van der Waals surface area contributed by atoms with E-state index in [-0.39, 0.29) is 0 Å². The van der Waals surface area contributed by atoms with Gasteiger partial charge in [0.15, 0.2) is 0 Å². The Kier molecular flexibility index (Phi) is 3.75. The van der Waals surface area contributed by atoms with Gasteiger partial charge in [0.05, 0.1) is 7.11 Å². The lowest BCUT2D eigenvalue weighted by atomic mass is 9.80. The zero-order valence-electron chi connectivity index (χ0n) is 12.1. The topological polar surface area (TPSA) is 21.3 Å². The van der Waals surface area contributed by atoms with E-state index in [1.807, 2.05) is 0 Å². The fourth-order valence-corrected chi connectivity index (χ4v) is 3.23. The maximum absolute atomic E-state index is 5.33. The predicted octanol–water partition coefficient (Wildman–Crippen LogP) is 4.03. The summed E-state index contributed by atoms with van der Waals surface area (Å²) in [6.45, 7) is 3.17. The first kappa shape index (κ1) is 13.2. The second kappa shape index (κ2) is 5.68. The SMILES string of the molecule is CCC1c2ccc(OC)cc2CNC1c1ccccc1. The minimum atomic E-state index is 0.405. The first-order chi connectivity index (χ1) is 9.83. The first-order valence-corrected chi connectivity index (χ1v) is 7.28. The van der Waals surface area contributed by atoms with E-state index in [1.165, 1.54) is 16.7 Å². The summed E-state index contributed by atoms with van der Waals surface area (Å²) in [5.41, 5.74) is 4.20. The van der Waals surface area contributed by atoms with Crippen molar-refractivity contribution in [1.82, 2.24) is 5.32 Å². The molecule has 2 aromatic rings. The number of fused-ring (bicyclic) bond motifs is 1. The van der Waals surface area contributed by atoms with Gasteiger partial charge in [0, 0.05) is 18.5 Å². The van der Waals surface area contributed by atoms with E-state index in [1.54, 1.807) is 7.11 Å². The third-order valence-corrected chi connectivity index (χ3v) is 4.26. The molecule has 2 aromatic carbocycles. The van der Waals surface area contributed by atoms with Crippen LogP contribution < -0.4 is 10.1 Å². The Bertz CT molecular complexity index is 579. The molecule has 0 spiro atoms. The summed E-state index contributed by atoms with van der Waals surface area (Å²) in [5.74, 6) is 1.46. The lowest BCUT2D eigenvalue weighted by Gasteiger charge is -2.34. The van der Waals surface area contributed by atoms with Crippen molar-refractivity contribution in [3.63, 3.8) is 0 Å². The fourth-order valence-electron chi connectivity index (χ4n) is 3.23. The highest BCUT2D eigenvalue weighted by molar-refractivity contribution is 5.41. The number of nitrogens with one attached hydrogen (secondary N) is 1. The average Bonchev–Trinajstić information content (AvgIpc) is 2.53. The summed E-state index contributed by atoms with van der Waals surface area (Å²) >= 11 is 0. The minimum Gasteiger partial charge on any atom is -0.497 e. The van der Waals surface area contributed by atoms with Crippen molar-refractivity contribution < 1.29 is 4.74 Å². The molecule has 0 radical (unpaired) electrons. The zero-order valence-corrected chi connectivity index (χ0v) is 12.1. The Hall–Kier alpha value is -1.80. The first-order valence-electron chi connectivity index (χ1n) is 7.28. The standard InChI is InChI=1S/C18H21NO/c1-3-16-17-10-9-15(20-2)11-14(17)12-19-18(16)13-7-5-4-6-8-13/h4-11,16,18-19H,3,12H2,1-2H3. The highest BCUT2D eigenvalue weighted by Gasteiger charge is 2.29. The normalized spacial score (nSPS) is 21.3. The van der Waals surface area contributed by atoms with Crippen LogP contribution in [-0.4, -0.2) is 7.11 Å². The van der Waals surface area contributed by atoms with Gasteiger partial charge in [-0.25, -0.2) is 0 Å². The predicted molar refractivity (Wildman–Crippen MR) is 82.0 cm³/mol. The zero-order chi connectivity index (χ0) is 13.9. The summed E-state index contributed by atoms with van der Waals surface area (Å²) in [4.78, 5) is 0. The van der Waals surface area contributed by atoms with Crippen molar-refractivity contribution in [3.8, 4) is 5.75 Å². The second-order valence-corrected chi connectivity index (χ2v) is 5.35. The van der Waals surface area contributed by atoms with E-state index in [9.17, 15) is 0 Å². The fraction of sp³-hybridized carbons (Fsp3) is 0.333. The molecular formula is C18H21NO. The van der Waals surface area contributed by atoms with Crippen molar-refractivity contribution in [2.45, 2.75) is 31.8 Å². The lowest BCUT2D eigenvalue weighted by Crippen LogP contribution is -2.32. The third-order valence-electron chi connectivity index (χ3n) is 4.26. The third kappa shape index (κ3) is 2.32. The van der Waals surface area contributed by atoms with Crippen molar-refractivity contribution in [1.29, 1.82) is 0 Å². The Labute approximate surface area is 120 Å². The van der Waals surface area contributed by atoms with E-state index in [2.05, 4.69) is 60.8 Å². The number of methoxy groups -OCH3 is 1.